The molecule has 3 rings (SSSR count). The standard InChI is InChI=1S/C21H20Cl2N2O2S/c1-12(2)14-4-6-15(7-5-14)18-11-28-21(24-18)25-20(26)13(3)27-19-9-8-16(22)10-17(19)23/h4-13H,1-3H3,(H,24,25,26). The first kappa shape index (κ1) is 20.6. The molecule has 0 bridgehead atoms. The SMILES string of the molecule is CC(Oc1ccc(Cl)cc1Cl)C(=O)Nc1nc(-c2ccc(C(C)C)cc2)cs1. The second kappa shape index (κ2) is 8.95. The molecule has 0 radical (unpaired) electrons. The molecule has 2 aromatic carbocycles. The van der Waals surface area contributed by atoms with E-state index in [1.165, 1.54) is 16.9 Å². The molecule has 146 valence electrons. The van der Waals surface area contributed by atoms with Gasteiger partial charge in [0.15, 0.2) is 11.2 Å². The van der Waals surface area contributed by atoms with Crippen LogP contribution in [0.5, 0.6) is 5.75 Å². The van der Waals surface area contributed by atoms with Gasteiger partial charge in [-0.05, 0) is 36.6 Å². The maximum absolute atomic E-state index is 12.4. The minimum atomic E-state index is -0.739. The Bertz CT molecular complexity index is 971. The van der Waals surface area contributed by atoms with E-state index in [2.05, 4.69) is 36.3 Å². The van der Waals surface area contributed by atoms with Gasteiger partial charge in [-0.3, -0.25) is 10.1 Å². The fraction of sp³-hybridized carbons (Fsp3) is 0.238. The lowest BCUT2D eigenvalue weighted by Crippen LogP contribution is -2.30. The van der Waals surface area contributed by atoms with E-state index in [1.807, 2.05) is 17.5 Å². The smallest absolute Gasteiger partial charge is 0.266 e. The highest BCUT2D eigenvalue weighted by molar-refractivity contribution is 7.14. The molecular weight excluding hydrogens is 415 g/mol. The Hall–Kier alpha value is -2.08. The van der Waals surface area contributed by atoms with Crippen LogP contribution in [0.15, 0.2) is 47.8 Å². The summed E-state index contributed by atoms with van der Waals surface area (Å²) in [5.74, 6) is 0.579. The van der Waals surface area contributed by atoms with Crippen LogP contribution < -0.4 is 10.1 Å². The van der Waals surface area contributed by atoms with Gasteiger partial charge in [0, 0.05) is 16.0 Å². The van der Waals surface area contributed by atoms with Crippen LogP contribution in [-0.4, -0.2) is 17.0 Å². The number of halogens is 2. The summed E-state index contributed by atoms with van der Waals surface area (Å²) in [6.45, 7) is 5.97. The molecule has 1 unspecified atom stereocenters. The third kappa shape index (κ3) is 5.04. The van der Waals surface area contributed by atoms with E-state index in [0.29, 0.717) is 26.8 Å². The number of benzene rings is 2. The van der Waals surface area contributed by atoms with Crippen molar-refractivity contribution in [1.82, 2.24) is 4.98 Å². The molecule has 0 saturated carbocycles. The Kier molecular flexibility index (Phi) is 6.60. The van der Waals surface area contributed by atoms with E-state index in [4.69, 9.17) is 27.9 Å². The Morgan fingerprint density at radius 3 is 2.46 bits per heavy atom. The lowest BCUT2D eigenvalue weighted by atomic mass is 10.0. The molecule has 3 aromatic rings. The number of hydrogen-bond donors (Lipinski definition) is 1. The molecular formula is C21H20Cl2N2O2S. The van der Waals surface area contributed by atoms with Gasteiger partial charge in [0.2, 0.25) is 0 Å². The number of amides is 1. The second-order valence-electron chi connectivity index (χ2n) is 6.64. The van der Waals surface area contributed by atoms with Crippen molar-refractivity contribution in [3.8, 4) is 17.0 Å². The van der Waals surface area contributed by atoms with E-state index in [9.17, 15) is 4.79 Å². The molecule has 1 heterocycles. The summed E-state index contributed by atoms with van der Waals surface area (Å²) in [6.07, 6.45) is -0.739. The Labute approximate surface area is 178 Å². The predicted octanol–water partition coefficient (Wildman–Crippen LogP) is 6.65. The highest BCUT2D eigenvalue weighted by atomic mass is 35.5. The lowest BCUT2D eigenvalue weighted by molar-refractivity contribution is -0.122. The van der Waals surface area contributed by atoms with Crippen LogP contribution >= 0.6 is 34.5 Å². The van der Waals surface area contributed by atoms with E-state index in [-0.39, 0.29) is 5.91 Å². The number of nitrogens with one attached hydrogen (secondary N) is 1. The lowest BCUT2D eigenvalue weighted by Gasteiger charge is -2.14. The minimum absolute atomic E-state index is 0.304. The molecule has 0 saturated heterocycles. The number of hydrogen-bond acceptors (Lipinski definition) is 4. The first-order valence-corrected chi connectivity index (χ1v) is 10.5. The van der Waals surface area contributed by atoms with Gasteiger partial charge in [-0.2, -0.15) is 0 Å². The molecule has 0 spiro atoms. The number of ether oxygens (including phenoxy) is 1. The largest absolute Gasteiger partial charge is 0.479 e. The maximum atomic E-state index is 12.4. The summed E-state index contributed by atoms with van der Waals surface area (Å²) in [5.41, 5.74) is 3.11. The summed E-state index contributed by atoms with van der Waals surface area (Å²) >= 11 is 13.3. The number of carbonyl (C=O) groups excluding carboxylic acids is 1. The van der Waals surface area contributed by atoms with Crippen LogP contribution in [-0.2, 0) is 4.79 Å². The van der Waals surface area contributed by atoms with Gasteiger partial charge in [-0.25, -0.2) is 4.98 Å². The molecule has 1 aromatic heterocycles. The van der Waals surface area contributed by atoms with Gasteiger partial charge < -0.3 is 4.74 Å². The molecule has 1 amide bonds. The van der Waals surface area contributed by atoms with Crippen LogP contribution in [0.3, 0.4) is 0 Å². The van der Waals surface area contributed by atoms with Gasteiger partial charge >= 0.3 is 0 Å². The normalized spacial score (nSPS) is 12.1. The number of aromatic nitrogens is 1. The third-order valence-corrected chi connectivity index (χ3v) is 5.46. The molecule has 0 aliphatic heterocycles. The van der Waals surface area contributed by atoms with E-state index >= 15 is 0 Å². The van der Waals surface area contributed by atoms with Crippen LogP contribution in [0.25, 0.3) is 11.3 Å². The molecule has 0 aliphatic rings. The third-order valence-electron chi connectivity index (χ3n) is 4.17. The van der Waals surface area contributed by atoms with Crippen LogP contribution in [0.4, 0.5) is 5.13 Å². The summed E-state index contributed by atoms with van der Waals surface area (Å²) < 4.78 is 5.64. The Morgan fingerprint density at radius 1 is 1.11 bits per heavy atom. The number of rotatable bonds is 6. The average Bonchev–Trinajstić information content (AvgIpc) is 3.12. The molecule has 1 atom stereocenters. The fourth-order valence-electron chi connectivity index (χ4n) is 2.52. The van der Waals surface area contributed by atoms with Gasteiger partial charge in [-0.1, -0.05) is 61.3 Å². The van der Waals surface area contributed by atoms with Gasteiger partial charge in [0.05, 0.1) is 10.7 Å². The Morgan fingerprint density at radius 2 is 1.82 bits per heavy atom. The summed E-state index contributed by atoms with van der Waals surface area (Å²) in [5, 5.41) is 6.09. The van der Waals surface area contributed by atoms with Gasteiger partial charge in [0.1, 0.15) is 5.75 Å². The van der Waals surface area contributed by atoms with Crippen LogP contribution in [0.1, 0.15) is 32.3 Å². The zero-order chi connectivity index (χ0) is 20.3. The van der Waals surface area contributed by atoms with E-state index in [0.717, 1.165) is 11.3 Å². The maximum Gasteiger partial charge on any atom is 0.266 e. The van der Waals surface area contributed by atoms with Gasteiger partial charge in [0.25, 0.3) is 5.91 Å². The number of thiazole rings is 1. The molecule has 4 nitrogen and oxygen atoms in total. The molecule has 0 aliphatic carbocycles. The topological polar surface area (TPSA) is 51.2 Å². The van der Waals surface area contributed by atoms with Gasteiger partial charge in [-0.15, -0.1) is 11.3 Å². The molecule has 0 fully saturated rings. The first-order chi connectivity index (χ1) is 13.3. The van der Waals surface area contributed by atoms with E-state index < -0.39 is 6.10 Å². The van der Waals surface area contributed by atoms with Crippen molar-refractivity contribution >= 4 is 45.6 Å². The molecule has 7 heteroatoms. The van der Waals surface area contributed by atoms with Crippen molar-refractivity contribution in [1.29, 1.82) is 0 Å². The Balaban J connectivity index is 1.64. The van der Waals surface area contributed by atoms with Crippen molar-refractivity contribution < 1.29 is 9.53 Å². The van der Waals surface area contributed by atoms with Crippen molar-refractivity contribution in [3.05, 3.63) is 63.5 Å². The quantitative estimate of drug-likeness (QED) is 0.472. The van der Waals surface area contributed by atoms with Crippen LogP contribution in [0.2, 0.25) is 10.0 Å². The first-order valence-electron chi connectivity index (χ1n) is 8.82. The fourth-order valence-corrected chi connectivity index (χ4v) is 3.70. The minimum Gasteiger partial charge on any atom is -0.479 e. The summed E-state index contributed by atoms with van der Waals surface area (Å²) in [7, 11) is 0. The van der Waals surface area contributed by atoms with E-state index in [1.54, 1.807) is 25.1 Å². The van der Waals surface area contributed by atoms with Crippen molar-refractivity contribution in [2.45, 2.75) is 32.8 Å². The zero-order valence-corrected chi connectivity index (χ0v) is 18.0. The monoisotopic (exact) mass is 434 g/mol. The van der Waals surface area contributed by atoms with Crippen molar-refractivity contribution in [2.24, 2.45) is 0 Å². The second-order valence-corrected chi connectivity index (χ2v) is 8.34. The zero-order valence-electron chi connectivity index (χ0n) is 15.7. The van der Waals surface area contributed by atoms with Crippen LogP contribution in [0, 0.1) is 0 Å². The number of carbonyl (C=O) groups is 1. The molecule has 28 heavy (non-hydrogen) atoms. The summed E-state index contributed by atoms with van der Waals surface area (Å²) in [4.78, 5) is 16.9. The average molecular weight is 435 g/mol. The highest BCUT2D eigenvalue weighted by Gasteiger charge is 2.18. The summed E-state index contributed by atoms with van der Waals surface area (Å²) in [6, 6.07) is 13.2. The highest BCUT2D eigenvalue weighted by Crippen LogP contribution is 2.29. The van der Waals surface area contributed by atoms with Crippen molar-refractivity contribution in [2.75, 3.05) is 5.32 Å². The predicted molar refractivity (Wildman–Crippen MR) is 117 cm³/mol. The number of anilines is 1. The molecule has 1 N–H and O–H groups in total. The van der Waals surface area contributed by atoms with Crippen molar-refractivity contribution in [3.63, 3.8) is 0 Å². The number of nitrogens with zero attached hydrogens (tertiary/aromatic N) is 1.